The van der Waals surface area contributed by atoms with E-state index in [1.54, 1.807) is 6.07 Å². The highest BCUT2D eigenvalue weighted by molar-refractivity contribution is 6.34. The second-order valence-corrected chi connectivity index (χ2v) is 7.31. The molecule has 1 N–H and O–H groups in total. The summed E-state index contributed by atoms with van der Waals surface area (Å²) >= 11 is 6.15. The van der Waals surface area contributed by atoms with Gasteiger partial charge in [-0.15, -0.1) is 0 Å². The molecule has 0 aliphatic rings. The van der Waals surface area contributed by atoms with Gasteiger partial charge in [0.15, 0.2) is 0 Å². The summed E-state index contributed by atoms with van der Waals surface area (Å²) in [6, 6.07) is 20.4. The number of anilines is 1. The SMILES string of the molecule is CCOc1ccc(-c2cc(C(=O)Nc3ccc([N+](=O)[O-])cc3Cl)c3ccccc3n2)cc1. The van der Waals surface area contributed by atoms with Crippen LogP contribution in [0.1, 0.15) is 17.3 Å². The Labute approximate surface area is 188 Å². The molecular formula is C24H18ClN3O4. The van der Waals surface area contributed by atoms with E-state index in [0.29, 0.717) is 28.8 Å². The molecule has 32 heavy (non-hydrogen) atoms. The number of non-ortho nitro benzene ring substituents is 1. The molecule has 0 unspecified atom stereocenters. The number of carbonyl (C=O) groups is 1. The third kappa shape index (κ3) is 4.38. The Morgan fingerprint density at radius 3 is 2.53 bits per heavy atom. The monoisotopic (exact) mass is 447 g/mol. The summed E-state index contributed by atoms with van der Waals surface area (Å²) in [6.45, 7) is 2.49. The summed E-state index contributed by atoms with van der Waals surface area (Å²) < 4.78 is 5.49. The van der Waals surface area contributed by atoms with E-state index >= 15 is 0 Å². The van der Waals surface area contributed by atoms with Gasteiger partial charge >= 0.3 is 0 Å². The van der Waals surface area contributed by atoms with Crippen molar-refractivity contribution in [1.82, 2.24) is 4.98 Å². The molecule has 1 aromatic heterocycles. The summed E-state index contributed by atoms with van der Waals surface area (Å²) in [5.41, 5.74) is 2.67. The summed E-state index contributed by atoms with van der Waals surface area (Å²) in [7, 11) is 0. The zero-order chi connectivity index (χ0) is 22.7. The van der Waals surface area contributed by atoms with Crippen LogP contribution in [-0.2, 0) is 0 Å². The zero-order valence-electron chi connectivity index (χ0n) is 17.0. The molecule has 3 aromatic carbocycles. The number of rotatable bonds is 6. The van der Waals surface area contributed by atoms with E-state index in [1.807, 2.05) is 55.5 Å². The highest BCUT2D eigenvalue weighted by Gasteiger charge is 2.17. The molecule has 0 aliphatic carbocycles. The van der Waals surface area contributed by atoms with Gasteiger partial charge in [0.05, 0.1) is 39.0 Å². The summed E-state index contributed by atoms with van der Waals surface area (Å²) in [5, 5.41) is 14.4. The molecule has 0 radical (unpaired) electrons. The second-order valence-electron chi connectivity index (χ2n) is 6.90. The number of benzene rings is 3. The van der Waals surface area contributed by atoms with Crippen LogP contribution < -0.4 is 10.1 Å². The van der Waals surface area contributed by atoms with Crippen LogP contribution in [0.15, 0.2) is 72.8 Å². The quantitative estimate of drug-likeness (QED) is 0.284. The van der Waals surface area contributed by atoms with Crippen LogP contribution in [0.3, 0.4) is 0 Å². The lowest BCUT2D eigenvalue weighted by Gasteiger charge is -2.12. The minimum absolute atomic E-state index is 0.0812. The first kappa shape index (κ1) is 21.3. The largest absolute Gasteiger partial charge is 0.494 e. The predicted molar refractivity (Wildman–Crippen MR) is 124 cm³/mol. The van der Waals surface area contributed by atoms with Crippen LogP contribution in [0.25, 0.3) is 22.2 Å². The molecule has 0 bridgehead atoms. The van der Waals surface area contributed by atoms with Crippen LogP contribution in [-0.4, -0.2) is 22.4 Å². The summed E-state index contributed by atoms with van der Waals surface area (Å²) in [5.74, 6) is 0.356. The van der Waals surface area contributed by atoms with E-state index in [0.717, 1.165) is 11.3 Å². The van der Waals surface area contributed by atoms with E-state index in [9.17, 15) is 14.9 Å². The molecule has 8 heteroatoms. The number of nitrogens with one attached hydrogen (secondary N) is 1. The topological polar surface area (TPSA) is 94.4 Å². The summed E-state index contributed by atoms with van der Waals surface area (Å²) in [4.78, 5) is 28.3. The van der Waals surface area contributed by atoms with Gasteiger partial charge in [-0.25, -0.2) is 4.98 Å². The van der Waals surface area contributed by atoms with Gasteiger partial charge in [-0.2, -0.15) is 0 Å². The zero-order valence-corrected chi connectivity index (χ0v) is 17.8. The van der Waals surface area contributed by atoms with Gasteiger partial charge < -0.3 is 10.1 Å². The number of amides is 1. The molecule has 0 atom stereocenters. The Morgan fingerprint density at radius 2 is 1.84 bits per heavy atom. The molecular weight excluding hydrogens is 430 g/mol. The Hall–Kier alpha value is -3.97. The molecule has 0 saturated carbocycles. The van der Waals surface area contributed by atoms with Crippen LogP contribution in [0, 0.1) is 10.1 Å². The minimum atomic E-state index is -0.545. The van der Waals surface area contributed by atoms with Crippen molar-refractivity contribution < 1.29 is 14.5 Å². The van der Waals surface area contributed by atoms with E-state index in [-0.39, 0.29) is 16.4 Å². The van der Waals surface area contributed by atoms with Gasteiger partial charge in [0, 0.05) is 23.1 Å². The van der Waals surface area contributed by atoms with Crippen molar-refractivity contribution in [2.24, 2.45) is 0 Å². The van der Waals surface area contributed by atoms with E-state index in [4.69, 9.17) is 21.3 Å². The molecule has 0 aliphatic heterocycles. The van der Waals surface area contributed by atoms with Gasteiger partial charge in [-0.1, -0.05) is 29.8 Å². The molecule has 4 rings (SSSR count). The van der Waals surface area contributed by atoms with E-state index in [1.165, 1.54) is 18.2 Å². The number of aromatic nitrogens is 1. The minimum Gasteiger partial charge on any atom is -0.494 e. The van der Waals surface area contributed by atoms with Gasteiger partial charge in [-0.05, 0) is 49.4 Å². The number of para-hydroxylation sites is 1. The average molecular weight is 448 g/mol. The summed E-state index contributed by atoms with van der Waals surface area (Å²) in [6.07, 6.45) is 0. The third-order valence-corrected chi connectivity index (χ3v) is 5.15. The van der Waals surface area contributed by atoms with Crippen LogP contribution >= 0.6 is 11.6 Å². The van der Waals surface area contributed by atoms with Gasteiger partial charge in [0.1, 0.15) is 5.75 Å². The maximum absolute atomic E-state index is 13.2. The number of fused-ring (bicyclic) bond motifs is 1. The van der Waals surface area contributed by atoms with Gasteiger partial charge in [0.25, 0.3) is 11.6 Å². The molecule has 160 valence electrons. The molecule has 7 nitrogen and oxygen atoms in total. The Kier molecular flexibility index (Phi) is 6.00. The lowest BCUT2D eigenvalue weighted by Crippen LogP contribution is -2.13. The van der Waals surface area contributed by atoms with Crippen molar-refractivity contribution in [2.45, 2.75) is 6.92 Å². The fraction of sp³-hybridized carbons (Fsp3) is 0.0833. The van der Waals surface area contributed by atoms with Crippen LogP contribution in [0.4, 0.5) is 11.4 Å². The van der Waals surface area contributed by atoms with Gasteiger partial charge in [-0.3, -0.25) is 14.9 Å². The highest BCUT2D eigenvalue weighted by Crippen LogP contribution is 2.30. The van der Waals surface area contributed by atoms with Crippen LogP contribution in [0.2, 0.25) is 5.02 Å². The van der Waals surface area contributed by atoms with Crippen molar-refractivity contribution in [3.05, 3.63) is 93.5 Å². The van der Waals surface area contributed by atoms with Crippen LogP contribution in [0.5, 0.6) is 5.75 Å². The fourth-order valence-electron chi connectivity index (χ4n) is 3.31. The number of hydrogen-bond acceptors (Lipinski definition) is 5. The first-order chi connectivity index (χ1) is 15.5. The Morgan fingerprint density at radius 1 is 1.09 bits per heavy atom. The number of hydrogen-bond donors (Lipinski definition) is 1. The second kappa shape index (κ2) is 9.03. The molecule has 0 saturated heterocycles. The molecule has 1 amide bonds. The number of nitro groups is 1. The molecule has 4 aromatic rings. The predicted octanol–water partition coefficient (Wildman–Crippen LogP) is 6.11. The van der Waals surface area contributed by atoms with Crippen molar-refractivity contribution in [2.75, 3.05) is 11.9 Å². The van der Waals surface area contributed by atoms with E-state index < -0.39 is 10.8 Å². The Bertz CT molecular complexity index is 1320. The molecule has 0 fully saturated rings. The standard InChI is InChI=1S/C24H18ClN3O4/c1-2-32-17-10-7-15(8-11-17)23-14-19(18-5-3-4-6-21(18)26-23)24(29)27-22-12-9-16(28(30)31)13-20(22)25/h3-14H,2H2,1H3,(H,27,29). The van der Waals surface area contributed by atoms with Gasteiger partial charge in [0.2, 0.25) is 0 Å². The number of halogens is 1. The molecule has 1 heterocycles. The number of carbonyl (C=O) groups excluding carboxylic acids is 1. The van der Waals surface area contributed by atoms with Crippen molar-refractivity contribution in [3.63, 3.8) is 0 Å². The first-order valence-electron chi connectivity index (χ1n) is 9.84. The van der Waals surface area contributed by atoms with Crippen molar-refractivity contribution >= 4 is 39.8 Å². The number of ether oxygens (including phenoxy) is 1. The lowest BCUT2D eigenvalue weighted by molar-refractivity contribution is -0.384. The number of nitro benzene ring substituents is 1. The van der Waals surface area contributed by atoms with Crippen molar-refractivity contribution in [1.29, 1.82) is 0 Å². The maximum atomic E-state index is 13.2. The van der Waals surface area contributed by atoms with Crippen molar-refractivity contribution in [3.8, 4) is 17.0 Å². The fourth-order valence-corrected chi connectivity index (χ4v) is 3.53. The normalized spacial score (nSPS) is 10.7. The highest BCUT2D eigenvalue weighted by atomic mass is 35.5. The Balaban J connectivity index is 1.73. The number of nitrogens with zero attached hydrogens (tertiary/aromatic N) is 2. The average Bonchev–Trinajstić information content (AvgIpc) is 2.80. The molecule has 0 spiro atoms. The third-order valence-electron chi connectivity index (χ3n) is 4.83. The maximum Gasteiger partial charge on any atom is 0.271 e. The van der Waals surface area contributed by atoms with E-state index in [2.05, 4.69) is 5.32 Å². The first-order valence-corrected chi connectivity index (χ1v) is 10.2. The lowest BCUT2D eigenvalue weighted by atomic mass is 10.0. The number of pyridine rings is 1. The smallest absolute Gasteiger partial charge is 0.271 e.